The molecule has 6 heteroatoms. The van der Waals surface area contributed by atoms with E-state index in [0.29, 0.717) is 19.3 Å². The number of carbonyl (C=O) groups excluding carboxylic acids is 3. The van der Waals surface area contributed by atoms with Gasteiger partial charge in [-0.25, -0.2) is 0 Å². The molecule has 0 aromatic rings. The minimum atomic E-state index is -0.777. The highest BCUT2D eigenvalue weighted by atomic mass is 16.6. The van der Waals surface area contributed by atoms with E-state index in [1.807, 2.05) is 0 Å². The number of unbranched alkanes of at least 4 members (excludes halogenated alkanes) is 47. The number of allylic oxidation sites excluding steroid dienone is 6. The van der Waals surface area contributed by atoms with Crippen molar-refractivity contribution in [2.45, 2.75) is 386 Å². The van der Waals surface area contributed by atoms with Crippen LogP contribution in [0, 0.1) is 0 Å². The van der Waals surface area contributed by atoms with Gasteiger partial charge in [0.25, 0.3) is 0 Å². The summed E-state index contributed by atoms with van der Waals surface area (Å²) in [4.78, 5) is 38.4. The number of rotatable bonds is 64. The Morgan fingerprint density at radius 2 is 0.468 bits per heavy atom. The zero-order valence-electron chi connectivity index (χ0n) is 52.0. The van der Waals surface area contributed by atoms with Gasteiger partial charge in [0.1, 0.15) is 13.2 Å². The van der Waals surface area contributed by atoms with Crippen LogP contribution in [0.5, 0.6) is 0 Å². The molecule has 0 aliphatic heterocycles. The molecular weight excluding hydrogens is 949 g/mol. The van der Waals surface area contributed by atoms with Gasteiger partial charge in [-0.1, -0.05) is 340 Å². The highest BCUT2D eigenvalue weighted by Crippen LogP contribution is 2.18. The predicted molar refractivity (Wildman–Crippen MR) is 335 cm³/mol. The maximum absolute atomic E-state index is 12.9. The second kappa shape index (κ2) is 66.1. The summed E-state index contributed by atoms with van der Waals surface area (Å²) >= 11 is 0. The Kier molecular flexibility index (Phi) is 64.1. The molecule has 0 amide bonds. The molecule has 1 unspecified atom stereocenters. The maximum atomic E-state index is 12.9. The van der Waals surface area contributed by atoms with Crippen LogP contribution in [-0.2, 0) is 28.6 Å². The largest absolute Gasteiger partial charge is 0.462 e. The number of ether oxygens (including phenoxy) is 3. The Labute approximate surface area is 480 Å². The Morgan fingerprint density at radius 3 is 0.753 bits per heavy atom. The van der Waals surface area contributed by atoms with Gasteiger partial charge in [0.2, 0.25) is 0 Å². The van der Waals surface area contributed by atoms with Crippen molar-refractivity contribution in [2.24, 2.45) is 0 Å². The molecule has 0 spiro atoms. The van der Waals surface area contributed by atoms with Gasteiger partial charge in [0, 0.05) is 19.3 Å². The van der Waals surface area contributed by atoms with Crippen LogP contribution in [0.4, 0.5) is 0 Å². The quantitative estimate of drug-likeness (QED) is 0.0261. The van der Waals surface area contributed by atoms with Crippen molar-refractivity contribution in [1.82, 2.24) is 0 Å². The van der Waals surface area contributed by atoms with Crippen LogP contribution in [0.1, 0.15) is 380 Å². The van der Waals surface area contributed by atoms with Crippen molar-refractivity contribution in [2.75, 3.05) is 13.2 Å². The Hall–Kier alpha value is -2.37. The topological polar surface area (TPSA) is 78.9 Å². The molecule has 77 heavy (non-hydrogen) atoms. The van der Waals surface area contributed by atoms with E-state index in [1.165, 1.54) is 263 Å². The summed E-state index contributed by atoms with van der Waals surface area (Å²) in [5, 5.41) is 0. The third-order valence-electron chi connectivity index (χ3n) is 15.6. The summed E-state index contributed by atoms with van der Waals surface area (Å²) in [5.74, 6) is -0.855. The molecule has 0 aliphatic rings. The molecule has 452 valence electrons. The Bertz CT molecular complexity index is 1290. The molecule has 1 atom stereocenters. The fourth-order valence-electron chi connectivity index (χ4n) is 10.5. The normalized spacial score (nSPS) is 12.2. The number of carbonyl (C=O) groups is 3. The minimum Gasteiger partial charge on any atom is -0.462 e. The molecule has 0 fully saturated rings. The van der Waals surface area contributed by atoms with Crippen LogP contribution in [0.25, 0.3) is 0 Å². The summed E-state index contributed by atoms with van der Waals surface area (Å²) in [7, 11) is 0. The first kappa shape index (κ1) is 74.6. The molecule has 0 saturated carbocycles. The summed E-state index contributed by atoms with van der Waals surface area (Å²) in [6, 6.07) is 0. The Morgan fingerprint density at radius 1 is 0.260 bits per heavy atom. The predicted octanol–water partition coefficient (Wildman–Crippen LogP) is 23.6. The molecule has 0 heterocycles. The first-order valence-electron chi connectivity index (χ1n) is 34.5. The molecule has 0 radical (unpaired) electrons. The molecule has 0 bridgehead atoms. The number of hydrogen-bond donors (Lipinski definition) is 0. The zero-order chi connectivity index (χ0) is 55.7. The summed E-state index contributed by atoms with van der Waals surface area (Å²) in [5.41, 5.74) is 0. The van der Waals surface area contributed by atoms with E-state index in [1.54, 1.807) is 0 Å². The summed E-state index contributed by atoms with van der Waals surface area (Å²) in [6.45, 7) is 6.68. The van der Waals surface area contributed by atoms with Crippen molar-refractivity contribution in [3.8, 4) is 0 Å². The molecule has 0 rings (SSSR count). The molecule has 0 aromatic heterocycles. The van der Waals surface area contributed by atoms with Crippen molar-refractivity contribution < 1.29 is 28.6 Å². The van der Waals surface area contributed by atoms with E-state index < -0.39 is 6.10 Å². The third-order valence-corrected chi connectivity index (χ3v) is 15.6. The lowest BCUT2D eigenvalue weighted by Gasteiger charge is -2.18. The second-order valence-electron chi connectivity index (χ2n) is 23.5. The van der Waals surface area contributed by atoms with Gasteiger partial charge in [0.05, 0.1) is 0 Å². The maximum Gasteiger partial charge on any atom is 0.306 e. The van der Waals surface area contributed by atoms with E-state index in [9.17, 15) is 14.4 Å². The lowest BCUT2D eigenvalue weighted by molar-refractivity contribution is -0.167. The van der Waals surface area contributed by atoms with Crippen molar-refractivity contribution >= 4 is 17.9 Å². The highest BCUT2D eigenvalue weighted by molar-refractivity contribution is 5.71. The standard InChI is InChI=1S/C71H132O6/c1-4-7-10-13-16-19-22-25-28-30-32-33-34-35-36-37-39-40-43-46-49-52-55-58-61-64-70(73)76-67-68(66-75-69(72)63-60-57-54-51-48-45-42-27-24-21-18-15-12-9-6-3)77-71(74)65-62-59-56-53-50-47-44-41-38-31-29-26-23-20-17-14-11-8-5-2/h17,20,26,29,38,41,68H,4-16,18-19,21-25,27-28,30-37,39-40,42-67H2,1-3H3/b20-17-,29-26-,41-38-. The number of hydrogen-bond acceptors (Lipinski definition) is 6. The fraction of sp³-hybridized carbons (Fsp3) is 0.873. The van der Waals surface area contributed by atoms with Crippen LogP contribution in [0.3, 0.4) is 0 Å². The molecule has 0 aromatic carbocycles. The van der Waals surface area contributed by atoms with Crippen molar-refractivity contribution in [3.63, 3.8) is 0 Å². The smallest absolute Gasteiger partial charge is 0.306 e. The van der Waals surface area contributed by atoms with Crippen molar-refractivity contribution in [1.29, 1.82) is 0 Å². The van der Waals surface area contributed by atoms with Crippen LogP contribution >= 0.6 is 0 Å². The molecule has 0 N–H and O–H groups in total. The van der Waals surface area contributed by atoms with Gasteiger partial charge in [0.15, 0.2) is 6.10 Å². The van der Waals surface area contributed by atoms with Gasteiger partial charge in [-0.15, -0.1) is 0 Å². The Balaban J connectivity index is 4.27. The van der Waals surface area contributed by atoms with E-state index in [4.69, 9.17) is 14.2 Å². The van der Waals surface area contributed by atoms with Crippen LogP contribution < -0.4 is 0 Å². The minimum absolute atomic E-state index is 0.0719. The monoisotopic (exact) mass is 1080 g/mol. The van der Waals surface area contributed by atoms with Gasteiger partial charge in [-0.3, -0.25) is 14.4 Å². The number of esters is 3. The van der Waals surface area contributed by atoms with Crippen molar-refractivity contribution in [3.05, 3.63) is 36.5 Å². The van der Waals surface area contributed by atoms with E-state index in [2.05, 4.69) is 57.2 Å². The van der Waals surface area contributed by atoms with Gasteiger partial charge in [-0.2, -0.15) is 0 Å². The average Bonchev–Trinajstić information content (AvgIpc) is 3.43. The highest BCUT2D eigenvalue weighted by Gasteiger charge is 2.19. The first-order chi connectivity index (χ1) is 38.0. The first-order valence-corrected chi connectivity index (χ1v) is 34.5. The second-order valence-corrected chi connectivity index (χ2v) is 23.5. The third kappa shape index (κ3) is 64.3. The van der Waals surface area contributed by atoms with Gasteiger partial charge in [-0.05, 0) is 57.8 Å². The molecule has 0 saturated heterocycles. The van der Waals surface area contributed by atoms with Gasteiger partial charge >= 0.3 is 17.9 Å². The summed E-state index contributed by atoms with van der Waals surface area (Å²) < 4.78 is 17.0. The van der Waals surface area contributed by atoms with E-state index in [0.717, 1.165) is 77.0 Å². The van der Waals surface area contributed by atoms with Crippen LogP contribution in [-0.4, -0.2) is 37.2 Å². The lowest BCUT2D eigenvalue weighted by Crippen LogP contribution is -2.30. The van der Waals surface area contributed by atoms with Crippen LogP contribution in [0.15, 0.2) is 36.5 Å². The summed E-state index contributed by atoms with van der Waals surface area (Å²) in [6.07, 6.45) is 81.6. The zero-order valence-corrected chi connectivity index (χ0v) is 52.0. The fourth-order valence-corrected chi connectivity index (χ4v) is 10.5. The lowest BCUT2D eigenvalue weighted by atomic mass is 10.0. The molecule has 6 nitrogen and oxygen atoms in total. The average molecular weight is 1080 g/mol. The molecule has 0 aliphatic carbocycles. The van der Waals surface area contributed by atoms with Gasteiger partial charge < -0.3 is 14.2 Å². The van der Waals surface area contributed by atoms with E-state index in [-0.39, 0.29) is 31.1 Å². The SMILES string of the molecule is CCCCC/C=C\C/C=C\C/C=C\CCCCCCCCC(=O)OC(COC(=O)CCCCCCCCCCCCCCCCC)COC(=O)CCCCCCCCCCCCCCCCCCCCCCCCCCC. The van der Waals surface area contributed by atoms with Crippen LogP contribution in [0.2, 0.25) is 0 Å². The molecular formula is C71H132O6. The van der Waals surface area contributed by atoms with E-state index >= 15 is 0 Å².